The van der Waals surface area contributed by atoms with Crippen molar-refractivity contribution in [1.82, 2.24) is 0 Å². The Morgan fingerprint density at radius 3 is 2.63 bits per heavy atom. The highest BCUT2D eigenvalue weighted by Gasteiger charge is 2.52. The molecular weight excluding hydrogens is 244 g/mol. The minimum absolute atomic E-state index is 0.216. The number of carbonyl (C=O) groups is 1. The first-order chi connectivity index (χ1) is 9.03. The summed E-state index contributed by atoms with van der Waals surface area (Å²) in [7, 11) is 0. The highest BCUT2D eigenvalue weighted by atomic mass is 16.7. The average Bonchev–Trinajstić information content (AvgIpc) is 2.73. The van der Waals surface area contributed by atoms with Gasteiger partial charge in [-0.1, -0.05) is 19.9 Å². The Hall–Kier alpha value is -1.71. The summed E-state index contributed by atoms with van der Waals surface area (Å²) in [6, 6.07) is 5.50. The normalized spacial score (nSPS) is 28.3. The molecule has 1 N–H and O–H groups in total. The Kier molecular flexibility index (Phi) is 2.69. The summed E-state index contributed by atoms with van der Waals surface area (Å²) in [5, 5.41) is 9.61. The van der Waals surface area contributed by atoms with Crippen LogP contribution in [0.25, 0.3) is 0 Å². The fraction of sp³-hybridized carbons (Fsp3) is 0.533. The van der Waals surface area contributed by atoms with Gasteiger partial charge in [-0.15, -0.1) is 0 Å². The van der Waals surface area contributed by atoms with Gasteiger partial charge in [-0.3, -0.25) is 4.79 Å². The third-order valence-electron chi connectivity index (χ3n) is 4.50. The molecule has 0 atom stereocenters. The summed E-state index contributed by atoms with van der Waals surface area (Å²) in [4.78, 5) is 11.7. The quantitative estimate of drug-likeness (QED) is 0.910. The van der Waals surface area contributed by atoms with E-state index in [9.17, 15) is 9.90 Å². The number of carboxylic acid groups (broad SMARTS) is 1. The van der Waals surface area contributed by atoms with Gasteiger partial charge in [0.25, 0.3) is 0 Å². The zero-order valence-electron chi connectivity index (χ0n) is 11.2. The SMILES string of the molecule is CC(C)C1CC(C(=O)O)(c2ccc3c(c2)OCO3)C1. The van der Waals surface area contributed by atoms with Crippen LogP contribution in [-0.4, -0.2) is 17.9 Å². The molecule has 0 unspecified atom stereocenters. The van der Waals surface area contributed by atoms with Crippen LogP contribution < -0.4 is 9.47 Å². The number of hydrogen-bond acceptors (Lipinski definition) is 3. The molecule has 19 heavy (non-hydrogen) atoms. The van der Waals surface area contributed by atoms with Crippen LogP contribution in [0, 0.1) is 11.8 Å². The molecule has 1 aromatic rings. The summed E-state index contributed by atoms with van der Waals surface area (Å²) < 4.78 is 10.6. The van der Waals surface area contributed by atoms with Gasteiger partial charge < -0.3 is 14.6 Å². The number of rotatable bonds is 3. The Balaban J connectivity index is 1.92. The first kappa shape index (κ1) is 12.3. The van der Waals surface area contributed by atoms with E-state index >= 15 is 0 Å². The molecule has 102 valence electrons. The van der Waals surface area contributed by atoms with Gasteiger partial charge in [-0.25, -0.2) is 0 Å². The maximum absolute atomic E-state index is 11.7. The number of carboxylic acids is 1. The summed E-state index contributed by atoms with van der Waals surface area (Å²) in [5.74, 6) is 1.64. The van der Waals surface area contributed by atoms with Crippen molar-refractivity contribution >= 4 is 5.97 Å². The molecule has 1 fully saturated rings. The van der Waals surface area contributed by atoms with Crippen molar-refractivity contribution < 1.29 is 19.4 Å². The largest absolute Gasteiger partial charge is 0.481 e. The smallest absolute Gasteiger partial charge is 0.314 e. The summed E-state index contributed by atoms with van der Waals surface area (Å²) >= 11 is 0. The van der Waals surface area contributed by atoms with Gasteiger partial charge in [-0.05, 0) is 42.4 Å². The summed E-state index contributed by atoms with van der Waals surface area (Å²) in [6.07, 6.45) is 1.42. The lowest BCUT2D eigenvalue weighted by molar-refractivity contribution is -0.150. The summed E-state index contributed by atoms with van der Waals surface area (Å²) in [6.45, 7) is 4.51. The fourth-order valence-corrected chi connectivity index (χ4v) is 3.03. The lowest BCUT2D eigenvalue weighted by Gasteiger charge is -2.46. The molecular formula is C15H18O4. The molecule has 0 spiro atoms. The maximum Gasteiger partial charge on any atom is 0.314 e. The Labute approximate surface area is 112 Å². The molecule has 0 amide bonds. The average molecular weight is 262 g/mol. The van der Waals surface area contributed by atoms with E-state index in [0.29, 0.717) is 36.2 Å². The van der Waals surface area contributed by atoms with Gasteiger partial charge in [-0.2, -0.15) is 0 Å². The van der Waals surface area contributed by atoms with Crippen LogP contribution >= 0.6 is 0 Å². The van der Waals surface area contributed by atoms with Crippen LogP contribution in [0.2, 0.25) is 0 Å². The number of benzene rings is 1. The first-order valence-electron chi connectivity index (χ1n) is 6.66. The zero-order chi connectivity index (χ0) is 13.6. The third-order valence-corrected chi connectivity index (χ3v) is 4.50. The lowest BCUT2D eigenvalue weighted by Crippen LogP contribution is -2.49. The van der Waals surface area contributed by atoms with Crippen molar-refractivity contribution in [2.45, 2.75) is 32.1 Å². The second kappa shape index (κ2) is 4.15. The van der Waals surface area contributed by atoms with Crippen molar-refractivity contribution in [2.75, 3.05) is 6.79 Å². The Bertz CT molecular complexity index is 515. The maximum atomic E-state index is 11.7. The second-order valence-corrected chi connectivity index (χ2v) is 5.87. The molecule has 4 nitrogen and oxygen atoms in total. The van der Waals surface area contributed by atoms with Crippen LogP contribution in [0.1, 0.15) is 32.3 Å². The number of ether oxygens (including phenoxy) is 2. The van der Waals surface area contributed by atoms with Crippen molar-refractivity contribution in [1.29, 1.82) is 0 Å². The predicted molar refractivity (Wildman–Crippen MR) is 69.4 cm³/mol. The van der Waals surface area contributed by atoms with Crippen molar-refractivity contribution in [2.24, 2.45) is 11.8 Å². The monoisotopic (exact) mass is 262 g/mol. The van der Waals surface area contributed by atoms with E-state index < -0.39 is 11.4 Å². The van der Waals surface area contributed by atoms with Gasteiger partial charge >= 0.3 is 5.97 Å². The van der Waals surface area contributed by atoms with Gasteiger partial charge in [0.1, 0.15) is 0 Å². The van der Waals surface area contributed by atoms with Crippen LogP contribution in [0.3, 0.4) is 0 Å². The topological polar surface area (TPSA) is 55.8 Å². The van der Waals surface area contributed by atoms with Crippen LogP contribution in [0.15, 0.2) is 18.2 Å². The van der Waals surface area contributed by atoms with Gasteiger partial charge in [0, 0.05) is 0 Å². The highest BCUT2D eigenvalue weighted by Crippen LogP contribution is 2.52. The Morgan fingerprint density at radius 1 is 1.32 bits per heavy atom. The predicted octanol–water partition coefficient (Wildman–Crippen LogP) is 2.80. The number of fused-ring (bicyclic) bond motifs is 1. The van der Waals surface area contributed by atoms with Crippen LogP contribution in [-0.2, 0) is 10.2 Å². The molecule has 1 heterocycles. The minimum atomic E-state index is -0.740. The molecule has 1 aliphatic heterocycles. The molecule has 1 aliphatic carbocycles. The molecule has 0 aromatic heterocycles. The molecule has 2 aliphatic rings. The Morgan fingerprint density at radius 2 is 2.00 bits per heavy atom. The van der Waals surface area contributed by atoms with E-state index in [1.54, 1.807) is 0 Å². The molecule has 0 radical (unpaired) electrons. The molecule has 4 heteroatoms. The molecule has 0 bridgehead atoms. The summed E-state index contributed by atoms with van der Waals surface area (Å²) in [5.41, 5.74) is 0.0942. The standard InChI is InChI=1S/C15H18O4/c1-9(2)10-6-15(7-10,14(16)17)11-3-4-12-13(5-11)19-8-18-12/h3-5,9-10H,6-8H2,1-2H3,(H,16,17). The zero-order valence-corrected chi connectivity index (χ0v) is 11.2. The van der Waals surface area contributed by atoms with Gasteiger partial charge in [0.2, 0.25) is 6.79 Å². The number of aliphatic carboxylic acids is 1. The van der Waals surface area contributed by atoms with E-state index in [4.69, 9.17) is 9.47 Å². The van der Waals surface area contributed by atoms with Crippen molar-refractivity contribution in [3.63, 3.8) is 0 Å². The molecule has 1 saturated carbocycles. The van der Waals surface area contributed by atoms with E-state index in [-0.39, 0.29) is 6.79 Å². The van der Waals surface area contributed by atoms with Gasteiger partial charge in [0.05, 0.1) is 5.41 Å². The minimum Gasteiger partial charge on any atom is -0.481 e. The third kappa shape index (κ3) is 1.78. The number of hydrogen-bond donors (Lipinski definition) is 1. The van der Waals surface area contributed by atoms with E-state index in [2.05, 4.69) is 13.8 Å². The molecule has 1 aromatic carbocycles. The van der Waals surface area contributed by atoms with Crippen molar-refractivity contribution in [3.8, 4) is 11.5 Å². The second-order valence-electron chi connectivity index (χ2n) is 5.87. The van der Waals surface area contributed by atoms with Gasteiger partial charge in [0.15, 0.2) is 11.5 Å². The van der Waals surface area contributed by atoms with E-state index in [1.165, 1.54) is 0 Å². The van der Waals surface area contributed by atoms with E-state index in [1.807, 2.05) is 18.2 Å². The fourth-order valence-electron chi connectivity index (χ4n) is 3.03. The first-order valence-corrected chi connectivity index (χ1v) is 6.66. The van der Waals surface area contributed by atoms with Crippen molar-refractivity contribution in [3.05, 3.63) is 23.8 Å². The highest BCUT2D eigenvalue weighted by molar-refractivity contribution is 5.83. The molecule has 0 saturated heterocycles. The van der Waals surface area contributed by atoms with Crippen LogP contribution in [0.4, 0.5) is 0 Å². The molecule has 3 rings (SSSR count). The van der Waals surface area contributed by atoms with E-state index in [0.717, 1.165) is 5.56 Å². The lowest BCUT2D eigenvalue weighted by atomic mass is 9.56. The van der Waals surface area contributed by atoms with Crippen LogP contribution in [0.5, 0.6) is 11.5 Å².